The van der Waals surface area contributed by atoms with Crippen molar-refractivity contribution in [3.63, 3.8) is 0 Å². The molecule has 1 N–H and O–H groups in total. The van der Waals surface area contributed by atoms with Gasteiger partial charge in [0.25, 0.3) is 0 Å². The third kappa shape index (κ3) is 5.68. The highest BCUT2D eigenvalue weighted by Gasteiger charge is 2.26. The van der Waals surface area contributed by atoms with Gasteiger partial charge in [0.15, 0.2) is 0 Å². The number of anilines is 2. The second kappa shape index (κ2) is 11.0. The molecule has 4 aromatic rings. The van der Waals surface area contributed by atoms with Gasteiger partial charge in [-0.05, 0) is 68.9 Å². The maximum Gasteiger partial charge on any atom is 0.317 e. The van der Waals surface area contributed by atoms with Gasteiger partial charge in [-0.25, -0.2) is 4.98 Å². The van der Waals surface area contributed by atoms with E-state index in [0.717, 1.165) is 46.6 Å². The first kappa shape index (κ1) is 25.4. The van der Waals surface area contributed by atoms with Crippen LogP contribution in [0.15, 0.2) is 67.6 Å². The fraction of sp³-hybridized carbons (Fsp3) is 0.310. The Morgan fingerprint density at radius 1 is 1.16 bits per heavy atom. The van der Waals surface area contributed by atoms with Gasteiger partial charge < -0.3 is 24.4 Å². The molecule has 0 aliphatic heterocycles. The smallest absolute Gasteiger partial charge is 0.317 e. The third-order valence-corrected chi connectivity index (χ3v) is 6.60. The van der Waals surface area contributed by atoms with E-state index >= 15 is 0 Å². The average molecular weight is 512 g/mol. The first-order valence-corrected chi connectivity index (χ1v) is 12.8. The lowest BCUT2D eigenvalue weighted by molar-refractivity contribution is -0.111. The number of pyridine rings is 1. The Kier molecular flexibility index (Phi) is 7.37. The molecule has 9 heteroatoms. The minimum absolute atomic E-state index is 0.254. The lowest BCUT2D eigenvalue weighted by Gasteiger charge is -2.24. The summed E-state index contributed by atoms with van der Waals surface area (Å²) in [6.07, 6.45) is 9.31. The zero-order valence-corrected chi connectivity index (χ0v) is 22.1. The molecule has 0 saturated heterocycles. The summed E-state index contributed by atoms with van der Waals surface area (Å²) in [7, 11) is 6.08. The third-order valence-electron chi connectivity index (χ3n) is 6.60. The normalized spacial score (nSPS) is 13.1. The SMILES string of the molecule is C=CC(=O)Nc1cc(COc2nccc(-c3cn(C4CC4)c4cccnc34)n2)ccc1N(C)CCN(C)C. The molecular weight excluding hydrogens is 478 g/mol. The molecule has 196 valence electrons. The van der Waals surface area contributed by atoms with Crippen LogP contribution >= 0.6 is 0 Å². The van der Waals surface area contributed by atoms with E-state index in [1.807, 2.05) is 57.7 Å². The number of ether oxygens (including phenoxy) is 1. The molecule has 9 nitrogen and oxygen atoms in total. The monoisotopic (exact) mass is 511 g/mol. The van der Waals surface area contributed by atoms with Crippen LogP contribution in [-0.2, 0) is 11.4 Å². The van der Waals surface area contributed by atoms with Gasteiger partial charge in [-0.3, -0.25) is 9.78 Å². The van der Waals surface area contributed by atoms with Crippen LogP contribution in [0.4, 0.5) is 11.4 Å². The summed E-state index contributed by atoms with van der Waals surface area (Å²) in [4.78, 5) is 30.0. The van der Waals surface area contributed by atoms with Gasteiger partial charge >= 0.3 is 6.01 Å². The minimum Gasteiger partial charge on any atom is -0.459 e. The van der Waals surface area contributed by atoms with Crippen LogP contribution in [-0.4, -0.2) is 64.6 Å². The number of benzene rings is 1. The number of carbonyl (C=O) groups excluding carboxylic acids is 1. The summed E-state index contributed by atoms with van der Waals surface area (Å²) in [5.41, 5.74) is 6.30. The van der Waals surface area contributed by atoms with E-state index in [4.69, 9.17) is 4.74 Å². The number of nitrogens with one attached hydrogen (secondary N) is 1. The molecule has 0 unspecified atom stereocenters. The van der Waals surface area contributed by atoms with Crippen molar-refractivity contribution in [2.24, 2.45) is 0 Å². The highest BCUT2D eigenvalue weighted by atomic mass is 16.5. The number of nitrogens with zero attached hydrogens (tertiary/aromatic N) is 6. The molecule has 5 rings (SSSR count). The maximum atomic E-state index is 12.1. The van der Waals surface area contributed by atoms with Crippen molar-refractivity contribution < 1.29 is 9.53 Å². The quantitative estimate of drug-likeness (QED) is 0.296. The largest absolute Gasteiger partial charge is 0.459 e. The molecule has 3 heterocycles. The topological polar surface area (TPSA) is 88.4 Å². The summed E-state index contributed by atoms with van der Waals surface area (Å²) in [5, 5.41) is 2.92. The molecule has 1 fully saturated rings. The Hall–Kier alpha value is -4.24. The Morgan fingerprint density at radius 2 is 2.00 bits per heavy atom. The number of carbonyl (C=O) groups is 1. The van der Waals surface area contributed by atoms with Crippen molar-refractivity contribution in [2.75, 3.05) is 44.4 Å². The number of hydrogen-bond donors (Lipinski definition) is 1. The van der Waals surface area contributed by atoms with Gasteiger partial charge in [0.05, 0.1) is 28.1 Å². The predicted octanol–water partition coefficient (Wildman–Crippen LogP) is 4.53. The molecule has 1 amide bonds. The summed E-state index contributed by atoms with van der Waals surface area (Å²) in [5.74, 6) is -0.264. The lowest BCUT2D eigenvalue weighted by atomic mass is 10.1. The lowest BCUT2D eigenvalue weighted by Crippen LogP contribution is -2.29. The molecule has 0 bridgehead atoms. The average Bonchev–Trinajstić information content (AvgIpc) is 3.70. The van der Waals surface area contributed by atoms with Gasteiger partial charge in [0.2, 0.25) is 5.91 Å². The summed E-state index contributed by atoms with van der Waals surface area (Å²) < 4.78 is 8.30. The molecule has 0 atom stereocenters. The van der Waals surface area contributed by atoms with Crippen molar-refractivity contribution in [1.82, 2.24) is 24.4 Å². The van der Waals surface area contributed by atoms with Gasteiger partial charge in [-0.2, -0.15) is 4.98 Å². The van der Waals surface area contributed by atoms with Gasteiger partial charge in [-0.15, -0.1) is 0 Å². The molecular formula is C29H33N7O2. The number of rotatable bonds is 11. The number of amides is 1. The van der Waals surface area contributed by atoms with Gasteiger partial charge in [-0.1, -0.05) is 12.6 Å². The zero-order chi connectivity index (χ0) is 26.6. The van der Waals surface area contributed by atoms with Crippen LogP contribution in [0.2, 0.25) is 0 Å². The van der Waals surface area contributed by atoms with Crippen molar-refractivity contribution in [3.8, 4) is 17.3 Å². The first-order chi connectivity index (χ1) is 18.4. The number of likely N-dealkylation sites (N-methyl/N-ethyl adjacent to an activating group) is 2. The second-order valence-electron chi connectivity index (χ2n) is 9.84. The predicted molar refractivity (Wildman–Crippen MR) is 150 cm³/mol. The molecule has 0 radical (unpaired) electrons. The Labute approximate surface area is 222 Å². The van der Waals surface area contributed by atoms with E-state index in [1.54, 1.807) is 6.20 Å². The fourth-order valence-corrected chi connectivity index (χ4v) is 4.39. The molecule has 38 heavy (non-hydrogen) atoms. The van der Waals surface area contributed by atoms with Crippen LogP contribution in [0, 0.1) is 0 Å². The Bertz CT molecular complexity index is 1460. The number of fused-ring (bicyclic) bond motifs is 1. The van der Waals surface area contributed by atoms with E-state index in [9.17, 15) is 4.79 Å². The number of aromatic nitrogens is 4. The van der Waals surface area contributed by atoms with Crippen molar-refractivity contribution in [3.05, 3.63) is 73.2 Å². The molecule has 0 spiro atoms. The number of hydrogen-bond acceptors (Lipinski definition) is 7. The van der Waals surface area contributed by atoms with Crippen LogP contribution in [0.1, 0.15) is 24.4 Å². The summed E-state index contributed by atoms with van der Waals surface area (Å²) >= 11 is 0. The summed E-state index contributed by atoms with van der Waals surface area (Å²) in [6, 6.07) is 12.7. The van der Waals surface area contributed by atoms with Gasteiger partial charge in [0, 0.05) is 50.3 Å². The molecule has 1 aromatic carbocycles. The first-order valence-electron chi connectivity index (χ1n) is 12.8. The van der Waals surface area contributed by atoms with Crippen LogP contribution < -0.4 is 15.0 Å². The van der Waals surface area contributed by atoms with Crippen molar-refractivity contribution >= 4 is 28.3 Å². The van der Waals surface area contributed by atoms with Gasteiger partial charge in [0.1, 0.15) is 6.61 Å². The van der Waals surface area contributed by atoms with E-state index in [2.05, 4.69) is 53.5 Å². The standard InChI is InChI=1S/C29H33N7O2/c1-5-27(37)32-24-17-20(8-11-25(24)35(4)16-15-34(2)3)19-38-29-31-14-12-23(33-29)22-18-36(21-9-10-21)26-7-6-13-30-28(22)26/h5-8,11-14,17-18,21H,1,9-10,15-16,19H2,2-4H3,(H,32,37). The highest BCUT2D eigenvalue weighted by Crippen LogP contribution is 2.40. The van der Waals surface area contributed by atoms with Crippen LogP contribution in [0.3, 0.4) is 0 Å². The maximum absolute atomic E-state index is 12.1. The molecule has 1 aliphatic rings. The van der Waals surface area contributed by atoms with Crippen LogP contribution in [0.5, 0.6) is 6.01 Å². The molecule has 1 saturated carbocycles. The van der Waals surface area contributed by atoms with Crippen molar-refractivity contribution in [1.29, 1.82) is 0 Å². The zero-order valence-electron chi connectivity index (χ0n) is 22.1. The second-order valence-corrected chi connectivity index (χ2v) is 9.84. The minimum atomic E-state index is -0.264. The molecule has 1 aliphatic carbocycles. The highest BCUT2D eigenvalue weighted by molar-refractivity contribution is 6.01. The van der Waals surface area contributed by atoms with E-state index < -0.39 is 0 Å². The fourth-order valence-electron chi connectivity index (χ4n) is 4.39. The Balaban J connectivity index is 1.35. The van der Waals surface area contributed by atoms with E-state index in [-0.39, 0.29) is 18.5 Å². The Morgan fingerprint density at radius 3 is 2.76 bits per heavy atom. The summed E-state index contributed by atoms with van der Waals surface area (Å²) in [6.45, 7) is 5.53. The van der Waals surface area contributed by atoms with Crippen molar-refractivity contribution in [2.45, 2.75) is 25.5 Å². The van der Waals surface area contributed by atoms with Crippen LogP contribution in [0.25, 0.3) is 22.3 Å². The van der Waals surface area contributed by atoms with E-state index in [0.29, 0.717) is 11.7 Å². The van der Waals surface area contributed by atoms with E-state index in [1.165, 1.54) is 18.9 Å². The molecule has 3 aromatic heterocycles.